The van der Waals surface area contributed by atoms with E-state index in [1.165, 1.54) is 30.1 Å². The fourth-order valence-corrected chi connectivity index (χ4v) is 6.70. The van der Waals surface area contributed by atoms with Crippen molar-refractivity contribution in [3.63, 3.8) is 0 Å². The number of thioether (sulfide) groups is 1. The molecular formula is C34H54N14O7S. The van der Waals surface area contributed by atoms with Gasteiger partial charge in [0.15, 0.2) is 5.96 Å². The summed E-state index contributed by atoms with van der Waals surface area (Å²) in [6.45, 7) is 0.265. The van der Waals surface area contributed by atoms with Gasteiger partial charge in [-0.15, -0.1) is 11.8 Å². The quantitative estimate of drug-likeness (QED) is 0.0514. The van der Waals surface area contributed by atoms with Gasteiger partial charge in [0.05, 0.1) is 12.2 Å². The van der Waals surface area contributed by atoms with Crippen LogP contribution in [0.5, 0.6) is 0 Å². The molecule has 0 unspecified atom stereocenters. The molecule has 3 heterocycles. The van der Waals surface area contributed by atoms with E-state index in [0.29, 0.717) is 49.5 Å². The average Bonchev–Trinajstić information content (AvgIpc) is 3.67. The SMILES string of the molecule is NCCCC[C@@H]1NC(=O)CNC(=O)[C@@H]2CSC(=N2)c2cc(ccn2)C(=O)NCC[C@@H](C(N)=O)NC(=O)[C@H](CCCCN)NC(=O)[C@H](CCCN=C(N)N)NC1=O. The average molecular weight is 803 g/mol. The topological polar surface area (TPSA) is 359 Å². The molecule has 0 spiro atoms. The Morgan fingerprint density at radius 3 is 2.00 bits per heavy atom. The van der Waals surface area contributed by atoms with E-state index in [9.17, 15) is 33.6 Å². The van der Waals surface area contributed by atoms with Crippen molar-refractivity contribution in [3.8, 4) is 0 Å². The van der Waals surface area contributed by atoms with Crippen molar-refractivity contribution in [3.05, 3.63) is 29.6 Å². The molecule has 2 aliphatic heterocycles. The van der Waals surface area contributed by atoms with Crippen LogP contribution in [0.3, 0.4) is 0 Å². The minimum Gasteiger partial charge on any atom is -0.370 e. The first-order chi connectivity index (χ1) is 26.8. The molecule has 22 heteroatoms. The Morgan fingerprint density at radius 1 is 0.786 bits per heavy atom. The summed E-state index contributed by atoms with van der Waals surface area (Å²) in [7, 11) is 0. The van der Waals surface area contributed by atoms with E-state index in [2.05, 4.69) is 46.9 Å². The summed E-state index contributed by atoms with van der Waals surface area (Å²) >= 11 is 1.25. The van der Waals surface area contributed by atoms with Gasteiger partial charge >= 0.3 is 0 Å². The monoisotopic (exact) mass is 802 g/mol. The third kappa shape index (κ3) is 15.1. The second-order valence-corrected chi connectivity index (χ2v) is 14.2. The molecule has 0 radical (unpaired) electrons. The zero-order chi connectivity index (χ0) is 41.0. The van der Waals surface area contributed by atoms with Crippen LogP contribution >= 0.6 is 11.8 Å². The van der Waals surface area contributed by atoms with Crippen LogP contribution in [0.25, 0.3) is 0 Å². The van der Waals surface area contributed by atoms with E-state index in [0.717, 1.165) is 0 Å². The Hall–Kier alpha value is -5.35. The number of fused-ring (bicyclic) bond motifs is 4. The van der Waals surface area contributed by atoms with E-state index in [1.54, 1.807) is 0 Å². The molecule has 308 valence electrons. The molecule has 16 N–H and O–H groups in total. The standard InChI is InChI=1S/C34H54N14O7S/c35-11-3-1-6-21-30(53)47-23(8-5-13-42-34(38)39)32(55)46-22(7-2-4-12-36)31(54)45-20(27(37)50)10-15-41-28(51)19-9-14-40-24(16-19)33-48-25(18-56-33)29(52)43-17-26(49)44-21/h9,14,16,20-23,25H,1-8,10-13,15,17-18,35-36H2,(H2,37,50)(H,41,51)(H,43,52)(H,44,49)(H,45,54)(H,46,55)(H,47,53)(H4,38,39,42)/t20-,21-,22-,23-,25-/m0/s1. The van der Waals surface area contributed by atoms with Crippen molar-refractivity contribution in [2.75, 3.05) is 38.5 Å². The summed E-state index contributed by atoms with van der Waals surface area (Å²) in [5.74, 6) is -4.61. The summed E-state index contributed by atoms with van der Waals surface area (Å²) in [5, 5.41) is 16.2. The van der Waals surface area contributed by atoms with E-state index >= 15 is 0 Å². The van der Waals surface area contributed by atoms with Gasteiger partial charge in [-0.1, -0.05) is 0 Å². The third-order valence-electron chi connectivity index (χ3n) is 8.75. The highest BCUT2D eigenvalue weighted by Gasteiger charge is 2.32. The number of unbranched alkanes of at least 4 members (excludes halogenated alkanes) is 2. The number of nitrogens with one attached hydrogen (secondary N) is 6. The number of pyridine rings is 1. The molecule has 56 heavy (non-hydrogen) atoms. The van der Waals surface area contributed by atoms with Crippen LogP contribution in [0.15, 0.2) is 28.3 Å². The van der Waals surface area contributed by atoms with Crippen LogP contribution in [-0.4, -0.2) is 126 Å². The number of guanidine groups is 1. The highest BCUT2D eigenvalue weighted by molar-refractivity contribution is 8.14. The van der Waals surface area contributed by atoms with Gasteiger partial charge in [-0.3, -0.25) is 48.5 Å². The van der Waals surface area contributed by atoms with Gasteiger partial charge in [-0.25, -0.2) is 0 Å². The van der Waals surface area contributed by atoms with Crippen LogP contribution in [0.2, 0.25) is 0 Å². The Labute approximate surface area is 328 Å². The molecule has 0 fully saturated rings. The van der Waals surface area contributed by atoms with Crippen LogP contribution in [-0.2, 0) is 28.8 Å². The summed E-state index contributed by atoms with van der Waals surface area (Å²) < 4.78 is 0. The number of aliphatic imine (C=N–C) groups is 2. The van der Waals surface area contributed by atoms with Crippen LogP contribution < -0.4 is 60.6 Å². The summed E-state index contributed by atoms with van der Waals surface area (Å²) in [5.41, 5.74) is 28.5. The lowest BCUT2D eigenvalue weighted by molar-refractivity contribution is -0.134. The minimum absolute atomic E-state index is 0.0363. The van der Waals surface area contributed by atoms with E-state index in [1.807, 2.05) is 0 Å². The van der Waals surface area contributed by atoms with Crippen molar-refractivity contribution < 1.29 is 33.6 Å². The molecule has 4 bridgehead atoms. The number of primary amides is 1. The van der Waals surface area contributed by atoms with Gasteiger partial charge in [0.25, 0.3) is 5.91 Å². The van der Waals surface area contributed by atoms with Crippen molar-refractivity contribution >= 4 is 64.1 Å². The van der Waals surface area contributed by atoms with Crippen LogP contribution in [0.1, 0.15) is 73.8 Å². The van der Waals surface area contributed by atoms with Crippen molar-refractivity contribution in [1.29, 1.82) is 0 Å². The van der Waals surface area contributed by atoms with Gasteiger partial charge in [0.1, 0.15) is 35.3 Å². The Kier molecular flexibility index (Phi) is 18.9. The smallest absolute Gasteiger partial charge is 0.251 e. The minimum atomic E-state index is -1.22. The van der Waals surface area contributed by atoms with E-state index < -0.39 is 78.1 Å². The second-order valence-electron chi connectivity index (χ2n) is 13.2. The normalized spacial score (nSPS) is 23.1. The highest BCUT2D eigenvalue weighted by Crippen LogP contribution is 2.23. The highest BCUT2D eigenvalue weighted by atomic mass is 32.2. The lowest BCUT2D eigenvalue weighted by atomic mass is 10.0. The first kappa shape index (κ1) is 45.0. The van der Waals surface area contributed by atoms with E-state index in [4.69, 9.17) is 28.7 Å². The van der Waals surface area contributed by atoms with Crippen molar-refractivity contribution in [2.45, 2.75) is 88.0 Å². The predicted molar refractivity (Wildman–Crippen MR) is 210 cm³/mol. The van der Waals surface area contributed by atoms with Gasteiger partial charge in [-0.2, -0.15) is 0 Å². The lowest BCUT2D eigenvalue weighted by Crippen LogP contribution is -2.58. The zero-order valence-electron chi connectivity index (χ0n) is 31.2. The van der Waals surface area contributed by atoms with E-state index in [-0.39, 0.29) is 62.5 Å². The summed E-state index contributed by atoms with van der Waals surface area (Å²) in [6, 6.07) is -2.60. The molecule has 0 saturated heterocycles. The molecule has 0 aromatic carbocycles. The Bertz CT molecular complexity index is 1620. The van der Waals surface area contributed by atoms with Crippen molar-refractivity contribution in [1.82, 2.24) is 36.9 Å². The number of hydrogen-bond acceptors (Lipinski definition) is 13. The van der Waals surface area contributed by atoms with Gasteiger partial charge in [0.2, 0.25) is 35.4 Å². The van der Waals surface area contributed by atoms with Crippen LogP contribution in [0, 0.1) is 0 Å². The van der Waals surface area contributed by atoms with Gasteiger partial charge in [-0.05, 0) is 83.0 Å². The number of nitrogens with two attached hydrogens (primary N) is 5. The van der Waals surface area contributed by atoms with Gasteiger partial charge in [0, 0.05) is 30.6 Å². The molecule has 1 aromatic rings. The maximum Gasteiger partial charge on any atom is 0.251 e. The molecule has 5 atom stereocenters. The Morgan fingerprint density at radius 2 is 1.39 bits per heavy atom. The number of carbonyl (C=O) groups is 7. The van der Waals surface area contributed by atoms with Gasteiger partial charge < -0.3 is 60.6 Å². The predicted octanol–water partition coefficient (Wildman–Crippen LogP) is -4.07. The molecular weight excluding hydrogens is 749 g/mol. The molecule has 0 aliphatic carbocycles. The van der Waals surface area contributed by atoms with Crippen LogP contribution in [0.4, 0.5) is 0 Å². The number of amides is 7. The summed E-state index contributed by atoms with van der Waals surface area (Å²) in [4.78, 5) is 105. The fourth-order valence-electron chi connectivity index (χ4n) is 5.70. The zero-order valence-corrected chi connectivity index (χ0v) is 32.0. The second kappa shape index (κ2) is 23.5. The largest absolute Gasteiger partial charge is 0.370 e. The molecule has 7 amide bonds. The first-order valence-corrected chi connectivity index (χ1v) is 19.5. The molecule has 2 aliphatic rings. The number of aromatic nitrogens is 1. The lowest BCUT2D eigenvalue weighted by Gasteiger charge is -2.26. The first-order valence-electron chi connectivity index (χ1n) is 18.5. The molecule has 0 saturated carbocycles. The third-order valence-corrected chi connectivity index (χ3v) is 9.82. The maximum absolute atomic E-state index is 13.8. The summed E-state index contributed by atoms with van der Waals surface area (Å²) in [6.07, 6.45) is 3.88. The maximum atomic E-state index is 13.8. The molecule has 3 rings (SSSR count). The number of nitrogens with zero attached hydrogens (tertiary/aromatic N) is 3. The molecule has 1 aromatic heterocycles. The number of carbonyl (C=O) groups excluding carboxylic acids is 7. The Balaban J connectivity index is 1.95. The number of rotatable bonds is 13. The number of hydrogen-bond donors (Lipinski definition) is 11. The molecule has 21 nitrogen and oxygen atoms in total. The fraction of sp³-hybridized carbons (Fsp3) is 0.588. The van der Waals surface area contributed by atoms with Crippen molar-refractivity contribution in [2.24, 2.45) is 38.7 Å².